The van der Waals surface area contributed by atoms with Gasteiger partial charge in [0.1, 0.15) is 6.04 Å². The van der Waals surface area contributed by atoms with Crippen LogP contribution in [0.3, 0.4) is 0 Å². The number of rotatable bonds is 9. The van der Waals surface area contributed by atoms with Crippen molar-refractivity contribution in [3.63, 3.8) is 0 Å². The molecule has 224 valence electrons. The summed E-state index contributed by atoms with van der Waals surface area (Å²) in [5.41, 5.74) is 3.86. The Morgan fingerprint density at radius 1 is 1.05 bits per heavy atom. The molecule has 2 amide bonds. The number of nitrogens with zero attached hydrogens (tertiary/aromatic N) is 2. The molecule has 2 atom stereocenters. The van der Waals surface area contributed by atoms with Gasteiger partial charge in [0, 0.05) is 31.3 Å². The molecule has 42 heavy (non-hydrogen) atoms. The fraction of sp³-hybridized carbons (Fsp3) is 0.419. The lowest BCUT2D eigenvalue weighted by atomic mass is 9.95. The van der Waals surface area contributed by atoms with Crippen LogP contribution in [-0.2, 0) is 23.1 Å². The summed E-state index contributed by atoms with van der Waals surface area (Å²) in [5, 5.41) is 13.3. The van der Waals surface area contributed by atoms with E-state index in [1.54, 1.807) is 38.1 Å². The third kappa shape index (κ3) is 6.05. The van der Waals surface area contributed by atoms with E-state index < -0.39 is 12.1 Å². The highest BCUT2D eigenvalue weighted by Crippen LogP contribution is 2.50. The zero-order valence-corrected chi connectivity index (χ0v) is 25.4. The van der Waals surface area contributed by atoms with Crippen LogP contribution >= 0.6 is 0 Å². The van der Waals surface area contributed by atoms with Crippen molar-refractivity contribution in [1.82, 2.24) is 15.1 Å². The summed E-state index contributed by atoms with van der Waals surface area (Å²) >= 11 is 0. The van der Waals surface area contributed by atoms with Crippen LogP contribution < -0.4 is 35.6 Å². The average Bonchev–Trinajstić information content (AvgIpc) is 3.08. The highest BCUT2D eigenvalue weighted by Gasteiger charge is 2.30. The summed E-state index contributed by atoms with van der Waals surface area (Å²) in [7, 11) is 6.45. The molecule has 0 radical (unpaired) electrons. The number of ether oxygens (including phenoxy) is 3. The molecule has 1 aliphatic rings. The van der Waals surface area contributed by atoms with E-state index in [0.29, 0.717) is 47.0 Å². The number of nitrogens with one attached hydrogen (secondary N) is 3. The molecule has 0 bridgehead atoms. The van der Waals surface area contributed by atoms with E-state index in [2.05, 4.69) is 21.0 Å². The number of carbonyl (C=O) groups excluding carboxylic acids is 2. The van der Waals surface area contributed by atoms with Gasteiger partial charge in [-0.15, -0.1) is 0 Å². The molecule has 0 unspecified atom stereocenters. The average molecular weight is 578 g/mol. The Balaban J connectivity index is 1.85. The standard InChI is InChI=1S/C31H39N5O6/c1-16(2)28(31(39)34-26-13-17(3)36(5)35-26)33-23-12-10-20-21(15-24(23)38)22(32-18(4)37)11-9-19-14-25(40-6)29(41-7)30(42-8)27(19)20/h10,12-16,22,28H,9,11H2,1-8H3,(H,32,37)(H,33,38)(H,34,35,39)/t22-,28-/m1/s1. The second-order valence-electron chi connectivity index (χ2n) is 10.7. The molecular weight excluding hydrogens is 538 g/mol. The first-order valence-electron chi connectivity index (χ1n) is 13.8. The quantitative estimate of drug-likeness (QED) is 0.348. The van der Waals surface area contributed by atoms with Crippen LogP contribution in [0.15, 0.2) is 35.1 Å². The van der Waals surface area contributed by atoms with Gasteiger partial charge in [-0.25, -0.2) is 0 Å². The van der Waals surface area contributed by atoms with Gasteiger partial charge in [0.05, 0.1) is 33.1 Å². The number of amides is 2. The predicted molar refractivity (Wildman–Crippen MR) is 162 cm³/mol. The lowest BCUT2D eigenvalue weighted by Crippen LogP contribution is -2.40. The van der Waals surface area contributed by atoms with Gasteiger partial charge in [0.2, 0.25) is 23.0 Å². The van der Waals surface area contributed by atoms with Gasteiger partial charge in [-0.05, 0) is 60.6 Å². The van der Waals surface area contributed by atoms with E-state index >= 15 is 0 Å². The normalized spacial score (nSPS) is 14.6. The molecule has 0 saturated heterocycles. The van der Waals surface area contributed by atoms with Crippen molar-refractivity contribution in [2.75, 3.05) is 32.0 Å². The Hall–Kier alpha value is -4.54. The number of aryl methyl sites for hydroxylation is 3. The van der Waals surface area contributed by atoms with Crippen LogP contribution in [0.5, 0.6) is 17.2 Å². The molecule has 3 N–H and O–H groups in total. The molecule has 11 heteroatoms. The van der Waals surface area contributed by atoms with Crippen LogP contribution in [0.2, 0.25) is 0 Å². The summed E-state index contributed by atoms with van der Waals surface area (Å²) in [5.74, 6) is 1.18. The number of anilines is 2. The van der Waals surface area contributed by atoms with Gasteiger partial charge in [-0.1, -0.05) is 19.9 Å². The van der Waals surface area contributed by atoms with Crippen molar-refractivity contribution in [3.8, 4) is 28.4 Å². The van der Waals surface area contributed by atoms with Crippen LogP contribution in [0, 0.1) is 12.8 Å². The predicted octanol–water partition coefficient (Wildman–Crippen LogP) is 3.98. The molecule has 2 aromatic carbocycles. The van der Waals surface area contributed by atoms with E-state index in [9.17, 15) is 14.4 Å². The van der Waals surface area contributed by atoms with Gasteiger partial charge < -0.3 is 30.2 Å². The number of benzene rings is 1. The number of aromatic nitrogens is 2. The third-order valence-corrected chi connectivity index (χ3v) is 7.54. The van der Waals surface area contributed by atoms with Gasteiger partial charge >= 0.3 is 0 Å². The van der Waals surface area contributed by atoms with E-state index in [1.807, 2.05) is 32.9 Å². The molecule has 3 aromatic rings. The largest absolute Gasteiger partial charge is 0.493 e. The summed E-state index contributed by atoms with van der Waals surface area (Å²) in [6.07, 6.45) is 1.14. The summed E-state index contributed by atoms with van der Waals surface area (Å²) < 4.78 is 18.8. The monoisotopic (exact) mass is 577 g/mol. The van der Waals surface area contributed by atoms with Gasteiger partial charge in [0.25, 0.3) is 0 Å². The van der Waals surface area contributed by atoms with Crippen molar-refractivity contribution in [3.05, 3.63) is 57.4 Å². The Labute approximate surface area is 245 Å². The van der Waals surface area contributed by atoms with Crippen molar-refractivity contribution >= 4 is 23.3 Å². The van der Waals surface area contributed by atoms with Crippen LogP contribution in [0.25, 0.3) is 11.1 Å². The molecule has 11 nitrogen and oxygen atoms in total. The Morgan fingerprint density at radius 2 is 1.76 bits per heavy atom. The maximum atomic E-state index is 13.7. The molecule has 0 aliphatic heterocycles. The highest BCUT2D eigenvalue weighted by molar-refractivity contribution is 5.96. The third-order valence-electron chi connectivity index (χ3n) is 7.54. The summed E-state index contributed by atoms with van der Waals surface area (Å²) in [6.45, 7) is 7.15. The minimum atomic E-state index is -0.723. The zero-order chi connectivity index (χ0) is 30.7. The molecule has 0 spiro atoms. The maximum Gasteiger partial charge on any atom is 0.248 e. The van der Waals surface area contributed by atoms with Crippen LogP contribution in [-0.4, -0.2) is 49.0 Å². The first kappa shape index (κ1) is 30.4. The number of methoxy groups -OCH3 is 3. The number of fused-ring (bicyclic) bond motifs is 3. The fourth-order valence-electron chi connectivity index (χ4n) is 5.36. The van der Waals surface area contributed by atoms with E-state index in [1.165, 1.54) is 20.1 Å². The topological polar surface area (TPSA) is 133 Å². The lowest BCUT2D eigenvalue weighted by molar-refractivity contribution is -0.120. The molecule has 1 heterocycles. The Kier molecular flexibility index (Phi) is 9.08. The van der Waals surface area contributed by atoms with Gasteiger partial charge in [-0.2, -0.15) is 5.10 Å². The molecule has 0 saturated carbocycles. The fourth-order valence-corrected chi connectivity index (χ4v) is 5.36. The zero-order valence-electron chi connectivity index (χ0n) is 25.4. The second kappa shape index (κ2) is 12.5. The molecule has 1 aliphatic carbocycles. The van der Waals surface area contributed by atoms with Crippen LogP contribution in [0.1, 0.15) is 50.1 Å². The van der Waals surface area contributed by atoms with Crippen molar-refractivity contribution in [2.45, 2.75) is 52.6 Å². The maximum absolute atomic E-state index is 13.7. The van der Waals surface area contributed by atoms with Crippen LogP contribution in [0.4, 0.5) is 11.5 Å². The first-order valence-corrected chi connectivity index (χ1v) is 13.8. The van der Waals surface area contributed by atoms with Gasteiger partial charge in [-0.3, -0.25) is 19.1 Å². The van der Waals surface area contributed by atoms with Crippen molar-refractivity contribution in [1.29, 1.82) is 0 Å². The second-order valence-corrected chi connectivity index (χ2v) is 10.7. The molecule has 0 fully saturated rings. The first-order chi connectivity index (χ1) is 20.0. The highest BCUT2D eigenvalue weighted by atomic mass is 16.5. The van der Waals surface area contributed by atoms with E-state index in [-0.39, 0.29) is 28.8 Å². The Bertz CT molecular complexity index is 1540. The van der Waals surface area contributed by atoms with Crippen molar-refractivity contribution in [2.24, 2.45) is 13.0 Å². The Morgan fingerprint density at radius 3 is 2.33 bits per heavy atom. The number of carbonyl (C=O) groups is 2. The molecular formula is C31H39N5O6. The van der Waals surface area contributed by atoms with Gasteiger partial charge in [0.15, 0.2) is 17.3 Å². The number of hydrogen-bond donors (Lipinski definition) is 3. The molecule has 1 aromatic heterocycles. The minimum Gasteiger partial charge on any atom is -0.493 e. The van der Waals surface area contributed by atoms with Crippen molar-refractivity contribution < 1.29 is 23.8 Å². The minimum absolute atomic E-state index is 0.151. The number of hydrogen-bond acceptors (Lipinski definition) is 8. The summed E-state index contributed by atoms with van der Waals surface area (Å²) in [6, 6.07) is 7.55. The van der Waals surface area contributed by atoms with E-state index in [4.69, 9.17) is 14.2 Å². The molecule has 4 rings (SSSR count). The summed E-state index contributed by atoms with van der Waals surface area (Å²) in [4.78, 5) is 39.2. The smallest absolute Gasteiger partial charge is 0.248 e. The van der Waals surface area contributed by atoms with E-state index in [0.717, 1.165) is 16.8 Å². The lowest BCUT2D eigenvalue weighted by Gasteiger charge is -2.21. The SMILES string of the molecule is COc1cc2c(c(OC)c1OC)-c1ccc(N[C@@H](C(=O)Nc3cc(C)n(C)n3)C(C)C)c(=O)cc1[C@H](NC(C)=O)CC2.